The SMILES string of the molecule is CCC1CC(C)C[C@H]1N. The molecule has 0 heterocycles. The second kappa shape index (κ2) is 2.70. The third-order valence-electron chi connectivity index (χ3n) is 2.51. The van der Waals surface area contributed by atoms with E-state index in [1.54, 1.807) is 0 Å². The quantitative estimate of drug-likeness (QED) is 0.570. The van der Waals surface area contributed by atoms with Gasteiger partial charge in [0.15, 0.2) is 0 Å². The maximum Gasteiger partial charge on any atom is 0.00696 e. The Morgan fingerprint density at radius 1 is 1.44 bits per heavy atom. The Balaban J connectivity index is 2.38. The Labute approximate surface area is 57.6 Å². The first-order chi connectivity index (χ1) is 4.24. The molecule has 1 nitrogen and oxygen atoms in total. The number of hydrogen-bond acceptors (Lipinski definition) is 1. The molecule has 3 atom stereocenters. The fraction of sp³-hybridized carbons (Fsp3) is 1.00. The van der Waals surface area contributed by atoms with E-state index < -0.39 is 0 Å². The smallest absolute Gasteiger partial charge is 0.00696 e. The summed E-state index contributed by atoms with van der Waals surface area (Å²) in [6, 6.07) is 0.505. The summed E-state index contributed by atoms with van der Waals surface area (Å²) < 4.78 is 0. The van der Waals surface area contributed by atoms with E-state index in [4.69, 9.17) is 5.73 Å². The first-order valence-electron chi connectivity index (χ1n) is 3.99. The van der Waals surface area contributed by atoms with Crippen LogP contribution in [0.4, 0.5) is 0 Å². The number of hydrogen-bond donors (Lipinski definition) is 1. The van der Waals surface area contributed by atoms with Crippen molar-refractivity contribution in [2.45, 2.75) is 39.2 Å². The van der Waals surface area contributed by atoms with Crippen molar-refractivity contribution in [2.75, 3.05) is 0 Å². The van der Waals surface area contributed by atoms with Gasteiger partial charge < -0.3 is 5.73 Å². The van der Waals surface area contributed by atoms with Gasteiger partial charge in [-0.1, -0.05) is 20.3 Å². The number of rotatable bonds is 1. The van der Waals surface area contributed by atoms with Crippen LogP contribution < -0.4 is 5.73 Å². The molecule has 1 fully saturated rings. The molecule has 0 amide bonds. The minimum absolute atomic E-state index is 0.505. The van der Waals surface area contributed by atoms with Crippen molar-refractivity contribution in [2.24, 2.45) is 17.6 Å². The van der Waals surface area contributed by atoms with Gasteiger partial charge in [0.05, 0.1) is 0 Å². The van der Waals surface area contributed by atoms with Gasteiger partial charge in [-0.3, -0.25) is 0 Å². The Morgan fingerprint density at radius 3 is 2.33 bits per heavy atom. The summed E-state index contributed by atoms with van der Waals surface area (Å²) in [6.07, 6.45) is 3.88. The summed E-state index contributed by atoms with van der Waals surface area (Å²) in [5.41, 5.74) is 5.88. The molecule has 0 bridgehead atoms. The Morgan fingerprint density at radius 2 is 2.11 bits per heavy atom. The summed E-state index contributed by atoms with van der Waals surface area (Å²) >= 11 is 0. The van der Waals surface area contributed by atoms with Crippen molar-refractivity contribution < 1.29 is 0 Å². The molecule has 0 saturated heterocycles. The van der Waals surface area contributed by atoms with Crippen molar-refractivity contribution in [3.05, 3.63) is 0 Å². The van der Waals surface area contributed by atoms with Crippen LogP contribution in [-0.4, -0.2) is 6.04 Å². The molecule has 0 aromatic heterocycles. The maximum absolute atomic E-state index is 5.88. The molecular weight excluding hydrogens is 110 g/mol. The van der Waals surface area contributed by atoms with Crippen molar-refractivity contribution >= 4 is 0 Å². The molecule has 0 aromatic rings. The first-order valence-corrected chi connectivity index (χ1v) is 3.99. The van der Waals surface area contributed by atoms with Crippen molar-refractivity contribution in [3.8, 4) is 0 Å². The largest absolute Gasteiger partial charge is 0.327 e. The van der Waals surface area contributed by atoms with Gasteiger partial charge in [-0.2, -0.15) is 0 Å². The minimum atomic E-state index is 0.505. The van der Waals surface area contributed by atoms with Crippen LogP contribution in [0, 0.1) is 11.8 Å². The molecule has 1 rings (SSSR count). The summed E-state index contributed by atoms with van der Waals surface area (Å²) in [6.45, 7) is 4.54. The Hall–Kier alpha value is -0.0400. The summed E-state index contributed by atoms with van der Waals surface area (Å²) in [7, 11) is 0. The van der Waals surface area contributed by atoms with Crippen LogP contribution in [0.1, 0.15) is 33.1 Å². The number of nitrogens with two attached hydrogens (primary N) is 1. The molecule has 1 heteroatoms. The Kier molecular flexibility index (Phi) is 2.12. The van der Waals surface area contributed by atoms with E-state index in [1.165, 1.54) is 19.3 Å². The van der Waals surface area contributed by atoms with Crippen molar-refractivity contribution in [3.63, 3.8) is 0 Å². The molecule has 1 aliphatic rings. The third kappa shape index (κ3) is 1.45. The monoisotopic (exact) mass is 127 g/mol. The molecule has 1 saturated carbocycles. The topological polar surface area (TPSA) is 26.0 Å². The summed E-state index contributed by atoms with van der Waals surface area (Å²) in [5, 5.41) is 0. The highest BCUT2D eigenvalue weighted by Crippen LogP contribution is 2.31. The lowest BCUT2D eigenvalue weighted by Crippen LogP contribution is -2.23. The van der Waals surface area contributed by atoms with E-state index in [-0.39, 0.29) is 0 Å². The minimum Gasteiger partial charge on any atom is -0.327 e. The van der Waals surface area contributed by atoms with Gasteiger partial charge in [-0.05, 0) is 24.7 Å². The molecule has 0 spiro atoms. The molecule has 2 N–H and O–H groups in total. The summed E-state index contributed by atoms with van der Waals surface area (Å²) in [5.74, 6) is 1.70. The highest BCUT2D eigenvalue weighted by Gasteiger charge is 2.27. The first kappa shape index (κ1) is 7.07. The molecule has 0 aromatic carbocycles. The maximum atomic E-state index is 5.88. The molecule has 1 aliphatic carbocycles. The van der Waals surface area contributed by atoms with Crippen LogP contribution in [0.2, 0.25) is 0 Å². The Bertz CT molecular complexity index is 90.6. The lowest BCUT2D eigenvalue weighted by atomic mass is 10.0. The molecule has 0 aliphatic heterocycles. The van der Waals surface area contributed by atoms with Crippen LogP contribution in [0.25, 0.3) is 0 Å². The fourth-order valence-corrected chi connectivity index (χ4v) is 1.91. The molecular formula is C8H17N. The third-order valence-corrected chi connectivity index (χ3v) is 2.51. The predicted octanol–water partition coefficient (Wildman–Crippen LogP) is 1.77. The van der Waals surface area contributed by atoms with E-state index in [9.17, 15) is 0 Å². The second-order valence-electron chi connectivity index (χ2n) is 3.41. The fourth-order valence-electron chi connectivity index (χ4n) is 1.91. The van der Waals surface area contributed by atoms with Gasteiger partial charge >= 0.3 is 0 Å². The molecule has 2 unspecified atom stereocenters. The average Bonchev–Trinajstić information content (AvgIpc) is 2.10. The van der Waals surface area contributed by atoms with Crippen LogP contribution in [0.5, 0.6) is 0 Å². The van der Waals surface area contributed by atoms with Crippen LogP contribution in [-0.2, 0) is 0 Å². The van der Waals surface area contributed by atoms with Gasteiger partial charge in [0.1, 0.15) is 0 Å². The van der Waals surface area contributed by atoms with E-state index >= 15 is 0 Å². The van der Waals surface area contributed by atoms with Crippen molar-refractivity contribution in [1.82, 2.24) is 0 Å². The van der Waals surface area contributed by atoms with Crippen molar-refractivity contribution in [1.29, 1.82) is 0 Å². The highest BCUT2D eigenvalue weighted by atomic mass is 14.7. The van der Waals surface area contributed by atoms with Crippen LogP contribution in [0.3, 0.4) is 0 Å². The van der Waals surface area contributed by atoms with E-state index in [1.807, 2.05) is 0 Å². The standard InChI is InChI=1S/C8H17N/c1-3-7-4-6(2)5-8(7)9/h6-8H,3-5,9H2,1-2H3/t6?,7?,8-/m1/s1. The normalized spacial score (nSPS) is 43.7. The van der Waals surface area contributed by atoms with Crippen LogP contribution in [0.15, 0.2) is 0 Å². The zero-order chi connectivity index (χ0) is 6.85. The molecule has 9 heavy (non-hydrogen) atoms. The average molecular weight is 127 g/mol. The van der Waals surface area contributed by atoms with Gasteiger partial charge in [0, 0.05) is 6.04 Å². The lowest BCUT2D eigenvalue weighted by Gasteiger charge is -2.10. The zero-order valence-corrected chi connectivity index (χ0v) is 6.43. The van der Waals surface area contributed by atoms with Gasteiger partial charge in [0.2, 0.25) is 0 Å². The molecule has 54 valence electrons. The zero-order valence-electron chi connectivity index (χ0n) is 6.43. The van der Waals surface area contributed by atoms with E-state index in [0.29, 0.717) is 6.04 Å². The lowest BCUT2D eigenvalue weighted by molar-refractivity contribution is 0.460. The van der Waals surface area contributed by atoms with Gasteiger partial charge in [-0.15, -0.1) is 0 Å². The van der Waals surface area contributed by atoms with Crippen LogP contribution >= 0.6 is 0 Å². The predicted molar refractivity (Wildman–Crippen MR) is 40.2 cm³/mol. The highest BCUT2D eigenvalue weighted by molar-refractivity contribution is 4.82. The van der Waals surface area contributed by atoms with Gasteiger partial charge in [-0.25, -0.2) is 0 Å². The van der Waals surface area contributed by atoms with Gasteiger partial charge in [0.25, 0.3) is 0 Å². The van der Waals surface area contributed by atoms with E-state index in [2.05, 4.69) is 13.8 Å². The second-order valence-corrected chi connectivity index (χ2v) is 3.41. The summed E-state index contributed by atoms with van der Waals surface area (Å²) in [4.78, 5) is 0. The van der Waals surface area contributed by atoms with E-state index in [0.717, 1.165) is 11.8 Å². The molecule has 0 radical (unpaired) electrons.